The molecule has 0 fully saturated rings. The van der Waals surface area contributed by atoms with E-state index in [1.807, 2.05) is 19.9 Å². The van der Waals surface area contributed by atoms with Gasteiger partial charge in [0, 0.05) is 13.2 Å². The minimum absolute atomic E-state index is 0.0190. The van der Waals surface area contributed by atoms with Gasteiger partial charge < -0.3 is 18.3 Å². The molecule has 3 aromatic rings. The smallest absolute Gasteiger partial charge is 0.417 e. The molecule has 0 saturated heterocycles. The number of imidazole rings is 1. The third-order valence-electron chi connectivity index (χ3n) is 4.21. The maximum absolute atomic E-state index is 13.0. The zero-order chi connectivity index (χ0) is 24.4. The van der Waals surface area contributed by atoms with Crippen LogP contribution >= 0.6 is 0 Å². The van der Waals surface area contributed by atoms with E-state index in [2.05, 4.69) is 15.0 Å². The summed E-state index contributed by atoms with van der Waals surface area (Å²) in [6.07, 6.45) is -3.87. The van der Waals surface area contributed by atoms with E-state index >= 15 is 0 Å². The Balaban J connectivity index is 0.00000176. The predicted molar refractivity (Wildman–Crippen MR) is 112 cm³/mol. The summed E-state index contributed by atoms with van der Waals surface area (Å²) in [7, 11) is -0.738. The number of aryl methyl sites for hydroxylation is 2. The van der Waals surface area contributed by atoms with Crippen molar-refractivity contribution in [2.75, 3.05) is 0 Å². The summed E-state index contributed by atoms with van der Waals surface area (Å²) in [5.74, 6) is 0.263. The molecule has 0 aromatic carbocycles. The monoisotopic (exact) mass is 467 g/mol. The van der Waals surface area contributed by atoms with Gasteiger partial charge >= 0.3 is 6.18 Å². The average molecular weight is 467 g/mol. The van der Waals surface area contributed by atoms with Crippen molar-refractivity contribution in [2.24, 2.45) is 7.05 Å². The number of nitriles is 1. The zero-order valence-corrected chi connectivity index (χ0v) is 19.1. The Morgan fingerprint density at radius 3 is 2.38 bits per heavy atom. The number of hydrogen-bond acceptors (Lipinski definition) is 8. The molecule has 12 heteroatoms. The van der Waals surface area contributed by atoms with Crippen molar-refractivity contribution in [3.63, 3.8) is 0 Å². The van der Waals surface area contributed by atoms with Crippen molar-refractivity contribution in [3.8, 4) is 23.3 Å². The predicted octanol–water partition coefficient (Wildman–Crippen LogP) is 5.15. The number of hydrogen-bond donors (Lipinski definition) is 1. The van der Waals surface area contributed by atoms with Crippen molar-refractivity contribution in [3.05, 3.63) is 29.6 Å². The minimum Gasteiger partial charge on any atom is -0.471 e. The third kappa shape index (κ3) is 4.99. The van der Waals surface area contributed by atoms with Crippen LogP contribution in [0.3, 0.4) is 0 Å². The Labute approximate surface area is 185 Å². The van der Waals surface area contributed by atoms with Crippen LogP contribution in [0.2, 0.25) is 0 Å². The van der Waals surface area contributed by atoms with Gasteiger partial charge in [-0.2, -0.15) is 29.0 Å². The summed E-state index contributed by atoms with van der Waals surface area (Å²) in [4.78, 5) is 12.3. The quantitative estimate of drug-likeness (QED) is 0.530. The van der Waals surface area contributed by atoms with Crippen LogP contribution in [0.15, 0.2) is 23.2 Å². The molecule has 8 nitrogen and oxygen atoms in total. The molecule has 172 valence electrons. The van der Waals surface area contributed by atoms with Crippen LogP contribution in [-0.4, -0.2) is 25.1 Å². The Kier molecular flexibility index (Phi) is 7.14. The summed E-state index contributed by atoms with van der Waals surface area (Å²) < 4.78 is 65.7. The largest absolute Gasteiger partial charge is 0.471 e. The molecule has 32 heavy (non-hydrogen) atoms. The number of nitrogens with zero attached hydrogens (tertiary/aromatic N) is 5. The molecular weight excluding hydrogens is 445 g/mol. The van der Waals surface area contributed by atoms with Gasteiger partial charge in [-0.15, -0.1) is 0 Å². The van der Waals surface area contributed by atoms with Gasteiger partial charge in [-0.25, -0.2) is 15.0 Å². The Bertz CT molecular complexity index is 1270. The lowest BCUT2D eigenvalue weighted by molar-refractivity contribution is -0.137. The fourth-order valence-electron chi connectivity index (χ4n) is 2.72. The molecule has 0 spiro atoms. The molecule has 0 bridgehead atoms. The standard InChI is InChI=1S/C18H16F3N6O2S.C2H6/c1-9-12(29-17(2,3)8-22)6-13(30(23)28)14(25-9)16-26-11-5-10(18(19,20)21)7-24-15(11)27(16)4;1-2/h5-7,23H,1-4H3;1-2H3/q-1;. The van der Waals surface area contributed by atoms with Crippen molar-refractivity contribution in [2.45, 2.75) is 51.3 Å². The molecule has 3 rings (SSSR count). The highest BCUT2D eigenvalue weighted by Gasteiger charge is 2.32. The Morgan fingerprint density at radius 1 is 1.22 bits per heavy atom. The number of halogens is 3. The van der Waals surface area contributed by atoms with Crippen molar-refractivity contribution in [1.29, 1.82) is 10.0 Å². The second-order valence-corrected chi connectivity index (χ2v) is 7.95. The lowest BCUT2D eigenvalue weighted by atomic mass is 10.1. The first-order valence-corrected chi connectivity index (χ1v) is 10.6. The number of fused-ring (bicyclic) bond motifs is 1. The summed E-state index contributed by atoms with van der Waals surface area (Å²) >= 11 is 0. The molecule has 0 aliphatic carbocycles. The highest BCUT2D eigenvalue weighted by Crippen LogP contribution is 2.34. The Morgan fingerprint density at radius 2 is 1.84 bits per heavy atom. The van der Waals surface area contributed by atoms with E-state index in [0.29, 0.717) is 11.9 Å². The van der Waals surface area contributed by atoms with Crippen molar-refractivity contribution >= 4 is 21.8 Å². The normalized spacial score (nSPS) is 11.8. The van der Waals surface area contributed by atoms with Crippen LogP contribution in [0, 0.1) is 23.0 Å². The SMILES string of the molecule is CC.Cc1nc(-c2nc3cc(C(F)(F)F)cnc3n2C)c([S-](=N)=O)cc1OC(C)(C)C#N. The molecule has 0 amide bonds. The van der Waals surface area contributed by atoms with E-state index in [0.717, 1.165) is 6.07 Å². The number of pyridine rings is 2. The molecule has 0 atom stereocenters. The first kappa shape index (κ1) is 25.1. The number of ether oxygens (including phenoxy) is 1. The fraction of sp³-hybridized carbons (Fsp3) is 0.400. The molecule has 0 unspecified atom stereocenters. The lowest BCUT2D eigenvalue weighted by Crippen LogP contribution is -2.26. The van der Waals surface area contributed by atoms with E-state index in [1.165, 1.54) is 31.5 Å². The summed E-state index contributed by atoms with van der Waals surface area (Å²) in [6, 6.07) is 4.16. The van der Waals surface area contributed by atoms with Crippen LogP contribution in [-0.2, 0) is 28.0 Å². The second kappa shape index (κ2) is 9.12. The van der Waals surface area contributed by atoms with Crippen LogP contribution in [0.4, 0.5) is 13.2 Å². The van der Waals surface area contributed by atoms with Crippen LogP contribution in [0.5, 0.6) is 5.75 Å². The Hall–Kier alpha value is -3.20. The third-order valence-corrected chi connectivity index (χ3v) is 4.92. The maximum atomic E-state index is 13.0. The molecule has 0 saturated carbocycles. The molecule has 0 aliphatic rings. The summed E-state index contributed by atoms with van der Waals surface area (Å²) in [6.45, 7) is 8.66. The highest BCUT2D eigenvalue weighted by atomic mass is 32.2. The second-order valence-electron chi connectivity index (χ2n) is 6.97. The van der Waals surface area contributed by atoms with Gasteiger partial charge in [0.15, 0.2) is 17.1 Å². The highest BCUT2D eigenvalue weighted by molar-refractivity contribution is 7.73. The van der Waals surface area contributed by atoms with E-state index in [1.54, 1.807) is 6.92 Å². The van der Waals surface area contributed by atoms with E-state index in [9.17, 15) is 17.4 Å². The van der Waals surface area contributed by atoms with Gasteiger partial charge in [-0.3, -0.25) is 0 Å². The van der Waals surface area contributed by atoms with Gasteiger partial charge in [0.2, 0.25) is 0 Å². The zero-order valence-electron chi connectivity index (χ0n) is 18.3. The molecule has 0 aliphatic heterocycles. The summed E-state index contributed by atoms with van der Waals surface area (Å²) in [5.41, 5.74) is -1.60. The molecular formula is C20H22F3N6O2S-. The van der Waals surface area contributed by atoms with Crippen molar-refractivity contribution < 1.29 is 22.1 Å². The minimum atomic E-state index is -4.58. The van der Waals surface area contributed by atoms with Crippen LogP contribution in [0.25, 0.3) is 22.7 Å². The lowest BCUT2D eigenvalue weighted by Gasteiger charge is -2.22. The van der Waals surface area contributed by atoms with Gasteiger partial charge in [0.1, 0.15) is 17.3 Å². The molecule has 3 aromatic heterocycles. The molecule has 3 heterocycles. The van der Waals surface area contributed by atoms with Gasteiger partial charge in [0.05, 0.1) is 17.0 Å². The first-order chi connectivity index (χ1) is 14.8. The number of alkyl halides is 3. The fourth-order valence-corrected chi connectivity index (χ4v) is 3.24. The topological polar surface area (TPSA) is 118 Å². The maximum Gasteiger partial charge on any atom is 0.417 e. The molecule has 1 N–H and O–H groups in total. The average Bonchev–Trinajstić information content (AvgIpc) is 3.05. The van der Waals surface area contributed by atoms with Gasteiger partial charge in [0.25, 0.3) is 0 Å². The number of aromatic nitrogens is 4. The molecule has 0 radical (unpaired) electrons. The van der Waals surface area contributed by atoms with Gasteiger partial charge in [-0.05, 0) is 32.9 Å². The number of rotatable bonds is 4. The number of nitrogens with one attached hydrogen (secondary N) is 1. The van der Waals surface area contributed by atoms with Crippen LogP contribution in [0.1, 0.15) is 39.0 Å². The van der Waals surface area contributed by atoms with E-state index in [-0.39, 0.29) is 33.3 Å². The van der Waals surface area contributed by atoms with Crippen molar-refractivity contribution in [1.82, 2.24) is 19.5 Å². The van der Waals surface area contributed by atoms with E-state index in [4.69, 9.17) is 14.8 Å². The van der Waals surface area contributed by atoms with Gasteiger partial charge in [-0.1, -0.05) is 18.7 Å². The first-order valence-electron chi connectivity index (χ1n) is 9.49. The summed E-state index contributed by atoms with van der Waals surface area (Å²) in [5, 5.41) is 9.16. The van der Waals surface area contributed by atoms with Crippen LogP contribution < -0.4 is 4.74 Å². The van der Waals surface area contributed by atoms with E-state index < -0.39 is 27.9 Å².